The first kappa shape index (κ1) is 16.8. The molecule has 0 radical (unpaired) electrons. The van der Waals surface area contributed by atoms with E-state index >= 15 is 0 Å². The number of nitrogens with one attached hydrogen (secondary N) is 1. The summed E-state index contributed by atoms with van der Waals surface area (Å²) in [7, 11) is 1.61. The van der Waals surface area contributed by atoms with E-state index in [1.807, 2.05) is 0 Å². The van der Waals surface area contributed by atoms with Crippen molar-refractivity contribution in [3.8, 4) is 11.5 Å². The number of aromatic nitrogens is 2. The molecule has 134 valence electrons. The lowest BCUT2D eigenvalue weighted by Gasteiger charge is -2.26. The van der Waals surface area contributed by atoms with Crippen molar-refractivity contribution in [1.29, 1.82) is 0 Å². The fraction of sp³-hybridized carbons (Fsp3) is 0.222. The third-order valence-electron chi connectivity index (χ3n) is 3.95. The number of anilines is 2. The molecule has 1 aromatic heterocycles. The number of hydrogen-bond donors (Lipinski definition) is 1. The number of halogens is 2. The van der Waals surface area contributed by atoms with E-state index in [2.05, 4.69) is 15.3 Å². The molecule has 0 fully saturated rings. The predicted molar refractivity (Wildman–Crippen MR) is 96.0 cm³/mol. The highest BCUT2D eigenvalue weighted by molar-refractivity contribution is 6.30. The second-order valence-electron chi connectivity index (χ2n) is 5.80. The lowest BCUT2D eigenvalue weighted by molar-refractivity contribution is 0.0274. The number of nitrogens with zero attached hydrogens (tertiary/aromatic N) is 2. The van der Waals surface area contributed by atoms with Crippen LogP contribution >= 0.6 is 11.6 Å². The summed E-state index contributed by atoms with van der Waals surface area (Å²) < 4.78 is 30.4. The van der Waals surface area contributed by atoms with Gasteiger partial charge in [0, 0.05) is 24.2 Å². The van der Waals surface area contributed by atoms with E-state index in [9.17, 15) is 4.39 Å². The molecule has 6 nitrogen and oxygen atoms in total. The van der Waals surface area contributed by atoms with Gasteiger partial charge in [-0.1, -0.05) is 11.6 Å². The molecule has 0 saturated carbocycles. The summed E-state index contributed by atoms with van der Waals surface area (Å²) in [5.74, 6) is 1.22. The lowest BCUT2D eigenvalue weighted by Crippen LogP contribution is -2.32. The van der Waals surface area contributed by atoms with Crippen LogP contribution in [0.2, 0.25) is 5.02 Å². The standard InChI is InChI=1S/C18H15ClFN3O3/c1-24-7-11-8-25-16-6-15-12(5-17(16)26-11)18(22-9-21-15)23-10-2-3-13(19)14(20)4-10/h2-6,9,11H,7-8H2,1H3,(H,21,22,23). The summed E-state index contributed by atoms with van der Waals surface area (Å²) in [6, 6.07) is 8.07. The quantitative estimate of drug-likeness (QED) is 0.744. The Bertz CT molecular complexity index is 970. The number of hydrogen-bond acceptors (Lipinski definition) is 6. The van der Waals surface area contributed by atoms with Crippen LogP contribution in [0.1, 0.15) is 0 Å². The zero-order chi connectivity index (χ0) is 18.1. The zero-order valence-electron chi connectivity index (χ0n) is 13.8. The van der Waals surface area contributed by atoms with Crippen molar-refractivity contribution in [3.63, 3.8) is 0 Å². The minimum absolute atomic E-state index is 0.0619. The van der Waals surface area contributed by atoms with Gasteiger partial charge in [-0.3, -0.25) is 0 Å². The van der Waals surface area contributed by atoms with Gasteiger partial charge in [0.1, 0.15) is 24.6 Å². The fourth-order valence-electron chi connectivity index (χ4n) is 2.74. The van der Waals surface area contributed by atoms with Crippen LogP contribution in [-0.2, 0) is 4.74 Å². The molecular formula is C18H15ClFN3O3. The van der Waals surface area contributed by atoms with Crippen molar-refractivity contribution in [1.82, 2.24) is 9.97 Å². The number of benzene rings is 2. The Labute approximate surface area is 153 Å². The maximum Gasteiger partial charge on any atom is 0.163 e. The van der Waals surface area contributed by atoms with Crippen LogP contribution in [0.4, 0.5) is 15.9 Å². The molecule has 0 saturated heterocycles. The van der Waals surface area contributed by atoms with Crippen molar-refractivity contribution < 1.29 is 18.6 Å². The molecule has 2 aromatic carbocycles. The Morgan fingerprint density at radius 1 is 1.27 bits per heavy atom. The summed E-state index contributed by atoms with van der Waals surface area (Å²) >= 11 is 5.73. The van der Waals surface area contributed by atoms with Crippen LogP contribution in [0.3, 0.4) is 0 Å². The van der Waals surface area contributed by atoms with Crippen LogP contribution in [-0.4, -0.2) is 36.4 Å². The summed E-state index contributed by atoms with van der Waals surface area (Å²) in [5, 5.41) is 3.87. The second-order valence-corrected chi connectivity index (χ2v) is 6.21. The van der Waals surface area contributed by atoms with E-state index in [4.69, 9.17) is 25.8 Å². The molecule has 2 heterocycles. The van der Waals surface area contributed by atoms with Gasteiger partial charge in [-0.2, -0.15) is 0 Å². The van der Waals surface area contributed by atoms with Gasteiger partial charge in [-0.15, -0.1) is 0 Å². The van der Waals surface area contributed by atoms with E-state index < -0.39 is 5.82 Å². The van der Waals surface area contributed by atoms with Gasteiger partial charge in [0.25, 0.3) is 0 Å². The van der Waals surface area contributed by atoms with Gasteiger partial charge < -0.3 is 19.5 Å². The smallest absolute Gasteiger partial charge is 0.163 e. The predicted octanol–water partition coefficient (Wildman–Crippen LogP) is 3.95. The normalized spacial score (nSPS) is 15.9. The molecule has 3 aromatic rings. The monoisotopic (exact) mass is 375 g/mol. The van der Waals surface area contributed by atoms with Gasteiger partial charge in [0.2, 0.25) is 0 Å². The first-order valence-electron chi connectivity index (χ1n) is 7.93. The highest BCUT2D eigenvalue weighted by Gasteiger charge is 2.22. The SMILES string of the molecule is COCC1COc2cc3ncnc(Nc4ccc(Cl)c(F)c4)c3cc2O1. The molecular weight excluding hydrogens is 361 g/mol. The summed E-state index contributed by atoms with van der Waals surface area (Å²) in [5.41, 5.74) is 1.21. The van der Waals surface area contributed by atoms with Crippen LogP contribution in [0, 0.1) is 5.82 Å². The molecule has 1 atom stereocenters. The van der Waals surface area contributed by atoms with Crippen molar-refractivity contribution in [2.45, 2.75) is 6.10 Å². The maximum absolute atomic E-state index is 13.7. The molecule has 0 amide bonds. The van der Waals surface area contributed by atoms with Gasteiger partial charge in [0.05, 0.1) is 17.1 Å². The third-order valence-corrected chi connectivity index (χ3v) is 4.26. The molecule has 1 unspecified atom stereocenters. The van der Waals surface area contributed by atoms with E-state index in [0.29, 0.717) is 41.7 Å². The highest BCUT2D eigenvalue weighted by atomic mass is 35.5. The van der Waals surface area contributed by atoms with Crippen LogP contribution in [0.15, 0.2) is 36.7 Å². The topological polar surface area (TPSA) is 65.5 Å². The van der Waals surface area contributed by atoms with Crippen LogP contribution < -0.4 is 14.8 Å². The Kier molecular flexibility index (Phi) is 4.48. The third kappa shape index (κ3) is 3.23. The molecule has 0 aliphatic carbocycles. The first-order valence-corrected chi connectivity index (χ1v) is 8.31. The molecule has 0 bridgehead atoms. The number of fused-ring (bicyclic) bond motifs is 2. The number of methoxy groups -OCH3 is 1. The minimum Gasteiger partial charge on any atom is -0.486 e. The highest BCUT2D eigenvalue weighted by Crippen LogP contribution is 2.37. The Hall–Kier alpha value is -2.64. The number of ether oxygens (including phenoxy) is 3. The number of rotatable bonds is 4. The van der Waals surface area contributed by atoms with Crippen LogP contribution in [0.5, 0.6) is 11.5 Å². The average molecular weight is 376 g/mol. The maximum atomic E-state index is 13.7. The molecule has 1 N–H and O–H groups in total. The van der Waals surface area contributed by atoms with Gasteiger partial charge in [0.15, 0.2) is 17.6 Å². The van der Waals surface area contributed by atoms with E-state index in [0.717, 1.165) is 5.39 Å². The zero-order valence-corrected chi connectivity index (χ0v) is 14.6. The summed E-state index contributed by atoms with van der Waals surface area (Å²) in [6.07, 6.45) is 1.25. The summed E-state index contributed by atoms with van der Waals surface area (Å²) in [6.45, 7) is 0.838. The average Bonchev–Trinajstić information content (AvgIpc) is 2.64. The van der Waals surface area contributed by atoms with Gasteiger partial charge >= 0.3 is 0 Å². The van der Waals surface area contributed by atoms with Gasteiger partial charge in [-0.25, -0.2) is 14.4 Å². The second kappa shape index (κ2) is 6.93. The molecule has 4 rings (SSSR count). The van der Waals surface area contributed by atoms with E-state index in [-0.39, 0.29) is 11.1 Å². The van der Waals surface area contributed by atoms with Crippen molar-refractivity contribution in [3.05, 3.63) is 47.5 Å². The van der Waals surface area contributed by atoms with E-state index in [1.54, 1.807) is 25.3 Å². The Morgan fingerprint density at radius 2 is 2.15 bits per heavy atom. The molecule has 26 heavy (non-hydrogen) atoms. The van der Waals surface area contributed by atoms with Crippen LogP contribution in [0.25, 0.3) is 10.9 Å². The van der Waals surface area contributed by atoms with Crippen molar-refractivity contribution in [2.75, 3.05) is 25.6 Å². The Morgan fingerprint density at radius 3 is 2.96 bits per heavy atom. The van der Waals surface area contributed by atoms with Crippen molar-refractivity contribution in [2.24, 2.45) is 0 Å². The minimum atomic E-state index is -0.508. The lowest BCUT2D eigenvalue weighted by atomic mass is 10.2. The first-order chi connectivity index (χ1) is 12.6. The van der Waals surface area contributed by atoms with Gasteiger partial charge in [-0.05, 0) is 24.3 Å². The molecule has 0 spiro atoms. The molecule has 1 aliphatic heterocycles. The molecule has 1 aliphatic rings. The summed E-state index contributed by atoms with van der Waals surface area (Å²) in [4.78, 5) is 8.53. The van der Waals surface area contributed by atoms with Crippen molar-refractivity contribution >= 4 is 34.0 Å². The van der Waals surface area contributed by atoms with E-state index in [1.165, 1.54) is 18.5 Å². The fourth-order valence-corrected chi connectivity index (χ4v) is 2.86. The molecule has 8 heteroatoms. The largest absolute Gasteiger partial charge is 0.486 e. The Balaban J connectivity index is 1.71.